The summed E-state index contributed by atoms with van der Waals surface area (Å²) in [5.74, 6) is 0. The van der Waals surface area contributed by atoms with Crippen molar-refractivity contribution in [3.8, 4) is 11.4 Å². The van der Waals surface area contributed by atoms with Gasteiger partial charge in [0.15, 0.2) is 0 Å². The molecule has 114 valence electrons. The van der Waals surface area contributed by atoms with Crippen LogP contribution in [0.1, 0.15) is 37.8 Å². The van der Waals surface area contributed by atoms with Gasteiger partial charge in [-0.15, -0.1) is 13.2 Å². The van der Waals surface area contributed by atoms with E-state index in [-0.39, 0.29) is 0 Å². The molecule has 0 spiro atoms. The van der Waals surface area contributed by atoms with Gasteiger partial charge in [-0.1, -0.05) is 11.1 Å². The first-order valence-electron chi connectivity index (χ1n) is 7.73. The Kier molecular flexibility index (Phi) is 5.65. The number of nitrogens with zero attached hydrogens (tertiary/aromatic N) is 2. The van der Waals surface area contributed by atoms with Crippen molar-refractivity contribution in [3.63, 3.8) is 0 Å². The van der Waals surface area contributed by atoms with Gasteiger partial charge in [0.2, 0.25) is 0 Å². The summed E-state index contributed by atoms with van der Waals surface area (Å²) in [5, 5.41) is 0. The molecule has 0 N–H and O–H groups in total. The summed E-state index contributed by atoms with van der Waals surface area (Å²) >= 11 is 0. The molecule has 0 aliphatic carbocycles. The van der Waals surface area contributed by atoms with Crippen LogP contribution in [-0.4, -0.2) is 9.97 Å². The van der Waals surface area contributed by atoms with Crippen LogP contribution in [0, 0.1) is 0 Å². The van der Waals surface area contributed by atoms with Crippen LogP contribution < -0.4 is 0 Å². The quantitative estimate of drug-likeness (QED) is 0.659. The van der Waals surface area contributed by atoms with E-state index < -0.39 is 0 Å². The minimum absolute atomic E-state index is 0.941. The molecule has 22 heavy (non-hydrogen) atoms. The van der Waals surface area contributed by atoms with Crippen LogP contribution in [0.5, 0.6) is 0 Å². The molecule has 0 fully saturated rings. The predicted molar refractivity (Wildman–Crippen MR) is 93.7 cm³/mol. The Labute approximate surface area is 133 Å². The number of pyridine rings is 2. The van der Waals surface area contributed by atoms with Crippen molar-refractivity contribution < 1.29 is 0 Å². The van der Waals surface area contributed by atoms with Crippen LogP contribution in [0.2, 0.25) is 0 Å². The minimum atomic E-state index is 0.941. The van der Waals surface area contributed by atoms with Crippen molar-refractivity contribution in [3.05, 3.63) is 72.1 Å². The molecule has 2 aromatic rings. The van der Waals surface area contributed by atoms with Gasteiger partial charge < -0.3 is 0 Å². The Morgan fingerprint density at radius 3 is 1.59 bits per heavy atom. The van der Waals surface area contributed by atoms with E-state index in [1.807, 2.05) is 12.4 Å². The zero-order valence-corrected chi connectivity index (χ0v) is 13.6. The van der Waals surface area contributed by atoms with Gasteiger partial charge >= 0.3 is 0 Å². The van der Waals surface area contributed by atoms with E-state index in [2.05, 4.69) is 61.2 Å². The van der Waals surface area contributed by atoms with Gasteiger partial charge in [0.1, 0.15) is 0 Å². The van der Waals surface area contributed by atoms with E-state index in [9.17, 15) is 0 Å². The van der Waals surface area contributed by atoms with Gasteiger partial charge in [0.25, 0.3) is 0 Å². The minimum Gasteiger partial charge on any atom is -0.255 e. The second kappa shape index (κ2) is 7.69. The first kappa shape index (κ1) is 16.2. The van der Waals surface area contributed by atoms with Crippen molar-refractivity contribution in [2.45, 2.75) is 39.5 Å². The zero-order valence-electron chi connectivity index (χ0n) is 13.6. The molecule has 0 amide bonds. The highest BCUT2D eigenvalue weighted by Gasteiger charge is 2.04. The van der Waals surface area contributed by atoms with Crippen LogP contribution in [0.25, 0.3) is 11.4 Å². The monoisotopic (exact) mass is 292 g/mol. The van der Waals surface area contributed by atoms with Crippen molar-refractivity contribution in [1.29, 1.82) is 0 Å². The SMILES string of the molecule is C=C(C)CCc1ccnc(-c2cc(CCC(=C)C)ccn2)c1. The second-order valence-electron chi connectivity index (χ2n) is 6.01. The van der Waals surface area contributed by atoms with Crippen LogP contribution in [0.3, 0.4) is 0 Å². The molecule has 0 aliphatic heterocycles. The first-order chi connectivity index (χ1) is 10.5. The molecule has 0 bridgehead atoms. The maximum absolute atomic E-state index is 4.47. The van der Waals surface area contributed by atoms with Gasteiger partial charge in [0, 0.05) is 12.4 Å². The maximum Gasteiger partial charge on any atom is 0.0888 e. The van der Waals surface area contributed by atoms with Crippen molar-refractivity contribution in [2.75, 3.05) is 0 Å². The van der Waals surface area contributed by atoms with E-state index in [1.54, 1.807) is 0 Å². The molecule has 0 saturated carbocycles. The smallest absolute Gasteiger partial charge is 0.0888 e. The molecule has 0 aromatic carbocycles. The van der Waals surface area contributed by atoms with Gasteiger partial charge in [-0.05, 0) is 74.9 Å². The molecule has 0 radical (unpaired) electrons. The fourth-order valence-electron chi connectivity index (χ4n) is 2.26. The third kappa shape index (κ3) is 4.96. The third-order valence-electron chi connectivity index (χ3n) is 3.59. The predicted octanol–water partition coefficient (Wildman–Crippen LogP) is 5.16. The average Bonchev–Trinajstić information content (AvgIpc) is 2.51. The summed E-state index contributed by atoms with van der Waals surface area (Å²) in [4.78, 5) is 8.94. The Morgan fingerprint density at radius 1 is 0.818 bits per heavy atom. The largest absolute Gasteiger partial charge is 0.255 e. The lowest BCUT2D eigenvalue weighted by molar-refractivity contribution is 0.937. The fraction of sp³-hybridized carbons (Fsp3) is 0.300. The normalized spacial score (nSPS) is 10.5. The summed E-state index contributed by atoms with van der Waals surface area (Å²) in [6.45, 7) is 12.1. The lowest BCUT2D eigenvalue weighted by Crippen LogP contribution is -1.94. The molecule has 2 heterocycles. The second-order valence-corrected chi connectivity index (χ2v) is 6.01. The highest BCUT2D eigenvalue weighted by Crippen LogP contribution is 2.19. The van der Waals surface area contributed by atoms with Crippen molar-refractivity contribution >= 4 is 0 Å². The summed E-state index contributed by atoms with van der Waals surface area (Å²) < 4.78 is 0. The fourth-order valence-corrected chi connectivity index (χ4v) is 2.26. The number of hydrogen-bond acceptors (Lipinski definition) is 2. The molecule has 0 saturated heterocycles. The van der Waals surface area contributed by atoms with E-state index >= 15 is 0 Å². The lowest BCUT2D eigenvalue weighted by Gasteiger charge is -2.06. The molecule has 0 atom stereocenters. The number of rotatable bonds is 7. The molecule has 0 unspecified atom stereocenters. The third-order valence-corrected chi connectivity index (χ3v) is 3.59. The van der Waals surface area contributed by atoms with Crippen LogP contribution in [0.15, 0.2) is 61.0 Å². The van der Waals surface area contributed by atoms with Crippen LogP contribution in [0.4, 0.5) is 0 Å². The summed E-state index contributed by atoms with van der Waals surface area (Å²) in [5.41, 5.74) is 6.86. The summed E-state index contributed by atoms with van der Waals surface area (Å²) in [6, 6.07) is 8.40. The first-order valence-corrected chi connectivity index (χ1v) is 7.73. The molecular formula is C20H24N2. The highest BCUT2D eigenvalue weighted by atomic mass is 14.8. The Hall–Kier alpha value is -2.22. The van der Waals surface area contributed by atoms with Crippen molar-refractivity contribution in [1.82, 2.24) is 9.97 Å². The van der Waals surface area contributed by atoms with Gasteiger partial charge in [-0.3, -0.25) is 9.97 Å². The Morgan fingerprint density at radius 2 is 1.23 bits per heavy atom. The number of allylic oxidation sites excluding steroid dienone is 2. The van der Waals surface area contributed by atoms with E-state index in [0.717, 1.165) is 37.1 Å². The molecule has 2 rings (SSSR count). The molecular weight excluding hydrogens is 268 g/mol. The maximum atomic E-state index is 4.47. The Balaban J connectivity index is 2.16. The average molecular weight is 292 g/mol. The topological polar surface area (TPSA) is 25.8 Å². The highest BCUT2D eigenvalue weighted by molar-refractivity contribution is 5.55. The van der Waals surface area contributed by atoms with Crippen LogP contribution >= 0.6 is 0 Å². The number of hydrogen-bond donors (Lipinski definition) is 0. The zero-order chi connectivity index (χ0) is 15.9. The molecule has 2 nitrogen and oxygen atoms in total. The Bertz CT molecular complexity index is 611. The molecule has 2 heteroatoms. The van der Waals surface area contributed by atoms with E-state index in [1.165, 1.54) is 22.3 Å². The van der Waals surface area contributed by atoms with Gasteiger partial charge in [-0.2, -0.15) is 0 Å². The van der Waals surface area contributed by atoms with Crippen molar-refractivity contribution in [2.24, 2.45) is 0 Å². The molecule has 2 aromatic heterocycles. The standard InChI is InChI=1S/C20H24N2/c1-15(2)5-7-17-9-11-21-19(13-17)20-14-18(10-12-22-20)8-6-16(3)4/h9-14H,1,3,5-8H2,2,4H3. The summed E-state index contributed by atoms with van der Waals surface area (Å²) in [7, 11) is 0. The van der Waals surface area contributed by atoms with E-state index in [0.29, 0.717) is 0 Å². The number of aryl methyl sites for hydroxylation is 2. The number of aromatic nitrogens is 2. The lowest BCUT2D eigenvalue weighted by atomic mass is 10.0. The van der Waals surface area contributed by atoms with Gasteiger partial charge in [-0.25, -0.2) is 0 Å². The summed E-state index contributed by atoms with van der Waals surface area (Å²) in [6.07, 6.45) is 7.75. The van der Waals surface area contributed by atoms with Crippen LogP contribution in [-0.2, 0) is 12.8 Å². The molecule has 0 aliphatic rings. The van der Waals surface area contributed by atoms with E-state index in [4.69, 9.17) is 0 Å². The van der Waals surface area contributed by atoms with Gasteiger partial charge in [0.05, 0.1) is 11.4 Å².